The third-order valence-electron chi connectivity index (χ3n) is 10.6. The number of furan rings is 2. The lowest BCUT2D eigenvalue weighted by Gasteiger charge is -2.26. The molecule has 0 saturated carbocycles. The number of para-hydroxylation sites is 2. The van der Waals surface area contributed by atoms with Crippen molar-refractivity contribution in [3.05, 3.63) is 212 Å². The monoisotopic (exact) mass is 719 g/mol. The minimum Gasteiger partial charge on any atom is -0.456 e. The van der Waals surface area contributed by atoms with E-state index in [1.807, 2.05) is 24.3 Å². The van der Waals surface area contributed by atoms with Crippen LogP contribution in [0.25, 0.3) is 76.9 Å². The van der Waals surface area contributed by atoms with E-state index in [0.29, 0.717) is 0 Å². The van der Waals surface area contributed by atoms with E-state index in [1.54, 1.807) is 0 Å². The van der Waals surface area contributed by atoms with E-state index < -0.39 is 0 Å². The maximum absolute atomic E-state index is 6.06. The molecule has 0 amide bonds. The number of hydrogen-bond donors (Lipinski definition) is 0. The Morgan fingerprint density at radius 1 is 0.304 bits per heavy atom. The van der Waals surface area contributed by atoms with Crippen LogP contribution in [0.1, 0.15) is 5.56 Å². The molecule has 2 aromatic heterocycles. The molecule has 0 N–H and O–H groups in total. The third-order valence-corrected chi connectivity index (χ3v) is 10.6. The van der Waals surface area contributed by atoms with Crippen molar-refractivity contribution in [3.8, 4) is 22.3 Å². The third kappa shape index (κ3) is 6.25. The molecule has 56 heavy (non-hydrogen) atoms. The van der Waals surface area contributed by atoms with Gasteiger partial charge in [0.05, 0.1) is 0 Å². The fraction of sp³-hybridized carbons (Fsp3) is 0.0189. The Hall–Kier alpha value is -7.36. The van der Waals surface area contributed by atoms with Crippen LogP contribution >= 0.6 is 0 Å². The van der Waals surface area contributed by atoms with Gasteiger partial charge >= 0.3 is 0 Å². The molecule has 2 heterocycles. The normalized spacial score (nSPS) is 11.3. The second kappa shape index (κ2) is 14.1. The summed E-state index contributed by atoms with van der Waals surface area (Å²) < 4.78 is 12.1. The van der Waals surface area contributed by atoms with Crippen molar-refractivity contribution in [1.29, 1.82) is 0 Å². The van der Waals surface area contributed by atoms with E-state index in [4.69, 9.17) is 8.83 Å². The number of benzene rings is 9. The van der Waals surface area contributed by atoms with Crippen molar-refractivity contribution in [1.82, 2.24) is 0 Å². The van der Waals surface area contributed by atoms with Crippen molar-refractivity contribution in [2.24, 2.45) is 0 Å². The molecular weight excluding hydrogens is 683 g/mol. The first-order valence-electron chi connectivity index (χ1n) is 19.0. The van der Waals surface area contributed by atoms with E-state index in [0.717, 1.165) is 72.1 Å². The predicted molar refractivity (Wildman–Crippen MR) is 235 cm³/mol. The molecule has 0 bridgehead atoms. The van der Waals surface area contributed by atoms with Crippen molar-refractivity contribution in [2.45, 2.75) is 6.92 Å². The summed E-state index contributed by atoms with van der Waals surface area (Å²) in [7, 11) is 0. The van der Waals surface area contributed by atoms with E-state index in [2.05, 4.69) is 194 Å². The van der Waals surface area contributed by atoms with Crippen LogP contribution in [0.15, 0.2) is 215 Å². The van der Waals surface area contributed by atoms with Crippen LogP contribution in [-0.4, -0.2) is 0 Å². The molecule has 0 aliphatic rings. The summed E-state index contributed by atoms with van der Waals surface area (Å²) in [5.41, 5.74) is 12.9. The van der Waals surface area contributed by atoms with Gasteiger partial charge in [0.1, 0.15) is 22.3 Å². The predicted octanol–water partition coefficient (Wildman–Crippen LogP) is 15.4. The average Bonchev–Trinajstić information content (AvgIpc) is 3.83. The summed E-state index contributed by atoms with van der Waals surface area (Å²) >= 11 is 0. The molecule has 0 atom stereocenters. The van der Waals surface area contributed by atoms with Crippen molar-refractivity contribution >= 4 is 71.7 Å². The Morgan fingerprint density at radius 3 is 1.07 bits per heavy atom. The standard InChI is InChI=1S/C43H29NO2.C10H8/c1-28-10-18-33(19-11-28)44(34-20-12-29(13-21-34)31-16-24-42-38(26-31)36-6-2-4-8-40(36)45-42)35-22-14-30(15-23-35)32-17-25-43-39(27-32)37-7-3-5-9-41(37)46-43;1-2-6-10-8-4-3-7-9(10)5-1/h2-27H,1H3;1-8H. The largest absolute Gasteiger partial charge is 0.456 e. The first-order chi connectivity index (χ1) is 27.6. The minimum absolute atomic E-state index is 0.911. The van der Waals surface area contributed by atoms with Crippen molar-refractivity contribution in [3.63, 3.8) is 0 Å². The van der Waals surface area contributed by atoms with E-state index in [-0.39, 0.29) is 0 Å². The van der Waals surface area contributed by atoms with Gasteiger partial charge in [0.15, 0.2) is 0 Å². The summed E-state index contributed by atoms with van der Waals surface area (Å²) in [6, 6.07) is 72.4. The van der Waals surface area contributed by atoms with Gasteiger partial charge in [-0.2, -0.15) is 0 Å². The highest BCUT2D eigenvalue weighted by Crippen LogP contribution is 2.39. The second-order valence-corrected chi connectivity index (χ2v) is 14.2. The fourth-order valence-electron chi connectivity index (χ4n) is 7.69. The number of hydrogen-bond acceptors (Lipinski definition) is 3. The molecular formula is C53H37NO2. The Balaban J connectivity index is 0.000000333. The number of fused-ring (bicyclic) bond motifs is 7. The van der Waals surface area contributed by atoms with Gasteiger partial charge in [-0.3, -0.25) is 0 Å². The summed E-state index contributed by atoms with van der Waals surface area (Å²) in [5, 5.41) is 7.18. The molecule has 0 fully saturated rings. The zero-order valence-electron chi connectivity index (χ0n) is 30.9. The lowest BCUT2D eigenvalue weighted by Crippen LogP contribution is -2.09. The first-order valence-corrected chi connectivity index (χ1v) is 19.0. The Kier molecular flexibility index (Phi) is 8.38. The Morgan fingerprint density at radius 2 is 0.643 bits per heavy atom. The van der Waals surface area contributed by atoms with Gasteiger partial charge in [-0.25, -0.2) is 0 Å². The Bertz CT molecular complexity index is 2910. The van der Waals surface area contributed by atoms with Gasteiger partial charge in [0, 0.05) is 38.6 Å². The summed E-state index contributed by atoms with van der Waals surface area (Å²) in [6.07, 6.45) is 0. The van der Waals surface area contributed by atoms with Gasteiger partial charge in [-0.15, -0.1) is 0 Å². The highest BCUT2D eigenvalue weighted by molar-refractivity contribution is 6.07. The number of nitrogens with zero attached hydrogens (tertiary/aromatic N) is 1. The van der Waals surface area contributed by atoms with Crippen LogP contribution in [0.2, 0.25) is 0 Å². The second-order valence-electron chi connectivity index (χ2n) is 14.2. The minimum atomic E-state index is 0.911. The molecule has 0 saturated heterocycles. The summed E-state index contributed by atoms with van der Waals surface area (Å²) in [6.45, 7) is 2.12. The van der Waals surface area contributed by atoms with E-state index in [1.165, 1.54) is 27.5 Å². The van der Waals surface area contributed by atoms with Gasteiger partial charge in [0.25, 0.3) is 0 Å². The van der Waals surface area contributed by atoms with Crippen LogP contribution < -0.4 is 4.90 Å². The average molecular weight is 720 g/mol. The zero-order chi connectivity index (χ0) is 37.4. The van der Waals surface area contributed by atoms with Crippen LogP contribution in [0.3, 0.4) is 0 Å². The molecule has 11 aromatic rings. The van der Waals surface area contributed by atoms with E-state index >= 15 is 0 Å². The molecule has 266 valence electrons. The summed E-state index contributed by atoms with van der Waals surface area (Å²) in [5.74, 6) is 0. The quantitative estimate of drug-likeness (QED) is 0.177. The maximum atomic E-state index is 6.06. The van der Waals surface area contributed by atoms with E-state index in [9.17, 15) is 0 Å². The molecule has 0 aliphatic carbocycles. The molecule has 0 radical (unpaired) electrons. The molecule has 0 unspecified atom stereocenters. The van der Waals surface area contributed by atoms with Gasteiger partial charge in [0.2, 0.25) is 0 Å². The fourth-order valence-corrected chi connectivity index (χ4v) is 7.69. The molecule has 11 rings (SSSR count). The smallest absolute Gasteiger partial charge is 0.135 e. The molecule has 0 aliphatic heterocycles. The summed E-state index contributed by atoms with van der Waals surface area (Å²) in [4.78, 5) is 2.31. The molecule has 9 aromatic carbocycles. The number of anilines is 3. The Labute approximate surface area is 325 Å². The van der Waals surface area contributed by atoms with Gasteiger partial charge < -0.3 is 13.7 Å². The van der Waals surface area contributed by atoms with Crippen LogP contribution in [0.5, 0.6) is 0 Å². The lowest BCUT2D eigenvalue weighted by molar-refractivity contribution is 0.668. The van der Waals surface area contributed by atoms with Gasteiger partial charge in [-0.1, -0.05) is 139 Å². The lowest BCUT2D eigenvalue weighted by atomic mass is 10.0. The highest BCUT2D eigenvalue weighted by Gasteiger charge is 2.15. The molecule has 3 nitrogen and oxygen atoms in total. The SMILES string of the molecule is Cc1ccc(N(c2ccc(-c3ccc4oc5ccccc5c4c3)cc2)c2ccc(-c3ccc4oc5ccccc5c4c3)cc2)cc1.c1ccc2ccccc2c1. The van der Waals surface area contributed by atoms with Crippen LogP contribution in [-0.2, 0) is 0 Å². The van der Waals surface area contributed by atoms with Crippen molar-refractivity contribution in [2.75, 3.05) is 4.90 Å². The van der Waals surface area contributed by atoms with Gasteiger partial charge in [-0.05, 0) is 113 Å². The topological polar surface area (TPSA) is 29.5 Å². The molecule has 0 spiro atoms. The number of aryl methyl sites for hydroxylation is 1. The first kappa shape index (κ1) is 33.2. The van der Waals surface area contributed by atoms with Crippen LogP contribution in [0, 0.1) is 6.92 Å². The van der Waals surface area contributed by atoms with Crippen molar-refractivity contribution < 1.29 is 8.83 Å². The maximum Gasteiger partial charge on any atom is 0.135 e. The van der Waals surface area contributed by atoms with Crippen LogP contribution in [0.4, 0.5) is 17.1 Å². The number of rotatable bonds is 5. The molecule has 3 heteroatoms. The highest BCUT2D eigenvalue weighted by atomic mass is 16.3. The zero-order valence-corrected chi connectivity index (χ0v) is 30.9.